The number of carbonyl (C=O) groups is 3. The number of halogens is 1. The molecule has 0 spiro atoms. The molecule has 1 aliphatic rings. The van der Waals surface area contributed by atoms with E-state index in [-0.39, 0.29) is 19.0 Å². The van der Waals surface area contributed by atoms with Crippen molar-refractivity contribution in [2.75, 3.05) is 19.8 Å². The van der Waals surface area contributed by atoms with Gasteiger partial charge in [0, 0.05) is 0 Å². The molecule has 0 unspecified atom stereocenters. The van der Waals surface area contributed by atoms with Crippen LogP contribution < -0.4 is 10.1 Å². The summed E-state index contributed by atoms with van der Waals surface area (Å²) in [4.78, 5) is 37.7. The molecule has 0 bridgehead atoms. The molecule has 3 amide bonds. The van der Waals surface area contributed by atoms with Crippen LogP contribution in [0.4, 0.5) is 9.18 Å². The second kappa shape index (κ2) is 8.08. The lowest BCUT2D eigenvalue weighted by atomic mass is 9.92. The van der Waals surface area contributed by atoms with Gasteiger partial charge in [0.2, 0.25) is 0 Å². The van der Waals surface area contributed by atoms with Gasteiger partial charge in [0.25, 0.3) is 5.91 Å². The minimum Gasteiger partial charge on any atom is -0.490 e. The van der Waals surface area contributed by atoms with Crippen LogP contribution in [0.5, 0.6) is 5.75 Å². The number of nitrogens with zero attached hydrogens (tertiary/aromatic N) is 1. The van der Waals surface area contributed by atoms with Gasteiger partial charge in [0.15, 0.2) is 0 Å². The molecule has 1 aliphatic heterocycles. The molecule has 146 valence electrons. The summed E-state index contributed by atoms with van der Waals surface area (Å²) in [5, 5.41) is 2.62. The Balaban J connectivity index is 1.50. The van der Waals surface area contributed by atoms with E-state index in [1.54, 1.807) is 37.3 Å². The summed E-state index contributed by atoms with van der Waals surface area (Å²) in [5.74, 6) is -1.20. The molecule has 7 nitrogen and oxygen atoms in total. The van der Waals surface area contributed by atoms with Crippen LogP contribution in [0.15, 0.2) is 54.6 Å². The van der Waals surface area contributed by atoms with E-state index in [1.165, 1.54) is 24.3 Å². The normalized spacial score (nSPS) is 18.7. The van der Waals surface area contributed by atoms with E-state index >= 15 is 0 Å². The number of hydrogen-bond donors (Lipinski definition) is 1. The highest BCUT2D eigenvalue weighted by Crippen LogP contribution is 2.28. The fraction of sp³-hybridized carbons (Fsp3) is 0.250. The van der Waals surface area contributed by atoms with Crippen LogP contribution in [0.3, 0.4) is 0 Å². The lowest BCUT2D eigenvalue weighted by Gasteiger charge is -2.21. The van der Waals surface area contributed by atoms with Gasteiger partial charge >= 0.3 is 12.0 Å². The van der Waals surface area contributed by atoms with E-state index in [0.717, 1.165) is 4.90 Å². The number of rotatable bonds is 7. The first-order valence-electron chi connectivity index (χ1n) is 8.64. The highest BCUT2D eigenvalue weighted by molar-refractivity contribution is 6.08. The van der Waals surface area contributed by atoms with E-state index in [2.05, 4.69) is 5.32 Å². The van der Waals surface area contributed by atoms with E-state index in [4.69, 9.17) is 9.47 Å². The van der Waals surface area contributed by atoms with E-state index < -0.39 is 30.0 Å². The first kappa shape index (κ1) is 19.3. The summed E-state index contributed by atoms with van der Waals surface area (Å²) in [6.07, 6.45) is 0. The Hall–Kier alpha value is -3.42. The highest BCUT2D eigenvalue weighted by Gasteiger charge is 2.49. The van der Waals surface area contributed by atoms with Gasteiger partial charge in [-0.3, -0.25) is 14.5 Å². The molecule has 0 radical (unpaired) electrons. The lowest BCUT2D eigenvalue weighted by molar-refractivity contribution is -0.148. The fourth-order valence-corrected chi connectivity index (χ4v) is 2.83. The molecule has 2 aromatic carbocycles. The standard InChI is InChI=1S/C20H19FN2O5/c1-20(14-5-3-2-4-6-14)18(25)23(19(26)22-20)13-17(24)28-12-11-27-16-9-7-15(21)8-10-16/h2-10H,11-13H2,1H3,(H,22,26)/t20-/m1/s1. The third-order valence-corrected chi connectivity index (χ3v) is 4.34. The number of esters is 1. The highest BCUT2D eigenvalue weighted by atomic mass is 19.1. The maximum Gasteiger partial charge on any atom is 0.326 e. The molecule has 0 aliphatic carbocycles. The van der Waals surface area contributed by atoms with E-state index in [9.17, 15) is 18.8 Å². The number of benzene rings is 2. The summed E-state index contributed by atoms with van der Waals surface area (Å²) >= 11 is 0. The molecule has 8 heteroatoms. The van der Waals surface area contributed by atoms with Crippen LogP contribution in [0.25, 0.3) is 0 Å². The summed E-state index contributed by atoms with van der Waals surface area (Å²) < 4.78 is 23.1. The van der Waals surface area contributed by atoms with Gasteiger partial charge < -0.3 is 14.8 Å². The summed E-state index contributed by atoms with van der Waals surface area (Å²) in [7, 11) is 0. The zero-order valence-electron chi connectivity index (χ0n) is 15.2. The molecule has 0 saturated carbocycles. The van der Waals surface area contributed by atoms with Crippen molar-refractivity contribution in [2.45, 2.75) is 12.5 Å². The predicted octanol–water partition coefficient (Wildman–Crippen LogP) is 2.21. The second-order valence-electron chi connectivity index (χ2n) is 6.34. The Labute approximate surface area is 161 Å². The third kappa shape index (κ3) is 4.11. The van der Waals surface area contributed by atoms with Gasteiger partial charge in [0.1, 0.15) is 36.9 Å². The van der Waals surface area contributed by atoms with Gasteiger partial charge in [0.05, 0.1) is 0 Å². The first-order chi connectivity index (χ1) is 13.4. The zero-order valence-corrected chi connectivity index (χ0v) is 15.2. The Bertz CT molecular complexity index is 872. The predicted molar refractivity (Wildman–Crippen MR) is 96.9 cm³/mol. The van der Waals surface area contributed by atoms with Gasteiger partial charge in [-0.2, -0.15) is 0 Å². The topological polar surface area (TPSA) is 84.9 Å². The number of nitrogens with one attached hydrogen (secondary N) is 1. The molecule has 1 saturated heterocycles. The quantitative estimate of drug-likeness (QED) is 0.448. The molecular formula is C20H19FN2O5. The zero-order chi connectivity index (χ0) is 20.1. The summed E-state index contributed by atoms with van der Waals surface area (Å²) in [5.41, 5.74) is -0.610. The fourth-order valence-electron chi connectivity index (χ4n) is 2.83. The number of urea groups is 1. The van der Waals surface area contributed by atoms with Crippen molar-refractivity contribution in [3.63, 3.8) is 0 Å². The summed E-state index contributed by atoms with van der Waals surface area (Å²) in [6, 6.07) is 13.5. The van der Waals surface area contributed by atoms with Crippen LogP contribution >= 0.6 is 0 Å². The van der Waals surface area contributed by atoms with Crippen molar-refractivity contribution in [1.82, 2.24) is 10.2 Å². The van der Waals surface area contributed by atoms with Crippen molar-refractivity contribution < 1.29 is 28.2 Å². The molecule has 0 aromatic heterocycles. The molecule has 1 N–H and O–H groups in total. The monoisotopic (exact) mass is 386 g/mol. The first-order valence-corrected chi connectivity index (χ1v) is 8.64. The number of amides is 3. The Morgan fingerprint density at radius 3 is 2.43 bits per heavy atom. The van der Waals surface area contributed by atoms with Gasteiger partial charge in [-0.15, -0.1) is 0 Å². The molecular weight excluding hydrogens is 367 g/mol. The Kier molecular flexibility index (Phi) is 5.58. The number of carbonyl (C=O) groups excluding carboxylic acids is 3. The summed E-state index contributed by atoms with van der Waals surface area (Å²) in [6.45, 7) is 1.07. The van der Waals surface area contributed by atoms with Crippen molar-refractivity contribution >= 4 is 17.9 Å². The third-order valence-electron chi connectivity index (χ3n) is 4.34. The Morgan fingerprint density at radius 1 is 1.07 bits per heavy atom. The average molecular weight is 386 g/mol. The van der Waals surface area contributed by atoms with E-state index in [0.29, 0.717) is 11.3 Å². The Morgan fingerprint density at radius 2 is 1.75 bits per heavy atom. The molecule has 1 atom stereocenters. The van der Waals surface area contributed by atoms with Crippen LogP contribution in [0, 0.1) is 5.82 Å². The van der Waals surface area contributed by atoms with E-state index in [1.807, 2.05) is 0 Å². The van der Waals surface area contributed by atoms with Crippen molar-refractivity contribution in [3.8, 4) is 5.75 Å². The van der Waals surface area contributed by atoms with Crippen molar-refractivity contribution in [1.29, 1.82) is 0 Å². The van der Waals surface area contributed by atoms with Crippen LogP contribution in [-0.4, -0.2) is 42.6 Å². The SMILES string of the molecule is C[C@]1(c2ccccc2)NC(=O)N(CC(=O)OCCOc2ccc(F)cc2)C1=O. The number of ether oxygens (including phenoxy) is 2. The average Bonchev–Trinajstić information content (AvgIpc) is 2.91. The van der Waals surface area contributed by atoms with Crippen LogP contribution in [-0.2, 0) is 19.9 Å². The second-order valence-corrected chi connectivity index (χ2v) is 6.34. The van der Waals surface area contributed by atoms with Crippen molar-refractivity contribution in [2.24, 2.45) is 0 Å². The van der Waals surface area contributed by atoms with Crippen LogP contribution in [0.2, 0.25) is 0 Å². The van der Waals surface area contributed by atoms with Crippen molar-refractivity contribution in [3.05, 3.63) is 66.0 Å². The number of imide groups is 1. The smallest absolute Gasteiger partial charge is 0.326 e. The van der Waals surface area contributed by atoms with Crippen LogP contribution in [0.1, 0.15) is 12.5 Å². The minimum absolute atomic E-state index is 0.0548. The largest absolute Gasteiger partial charge is 0.490 e. The maximum absolute atomic E-state index is 12.8. The molecule has 1 heterocycles. The molecule has 1 fully saturated rings. The molecule has 28 heavy (non-hydrogen) atoms. The molecule has 3 rings (SSSR count). The van der Waals surface area contributed by atoms with Gasteiger partial charge in [-0.25, -0.2) is 9.18 Å². The minimum atomic E-state index is -1.23. The molecule has 2 aromatic rings. The lowest BCUT2D eigenvalue weighted by Crippen LogP contribution is -2.41. The van der Waals surface area contributed by atoms with Gasteiger partial charge in [-0.1, -0.05) is 30.3 Å². The van der Waals surface area contributed by atoms with Gasteiger partial charge in [-0.05, 0) is 36.8 Å². The number of hydrogen-bond acceptors (Lipinski definition) is 5. The maximum atomic E-state index is 12.8.